The van der Waals surface area contributed by atoms with Crippen molar-refractivity contribution >= 4 is 34.7 Å². The summed E-state index contributed by atoms with van der Waals surface area (Å²) >= 11 is 0. The van der Waals surface area contributed by atoms with E-state index in [0.29, 0.717) is 23.3 Å². The molecule has 0 spiro atoms. The van der Waals surface area contributed by atoms with E-state index in [2.05, 4.69) is 31.1 Å². The molecule has 10 heteroatoms. The number of rotatable bonds is 7. The van der Waals surface area contributed by atoms with Gasteiger partial charge in [0.05, 0.1) is 23.6 Å². The molecule has 0 aliphatic carbocycles. The van der Waals surface area contributed by atoms with Crippen LogP contribution in [0.4, 0.5) is 21.2 Å². The Morgan fingerprint density at radius 1 is 1.17 bits per heavy atom. The molecule has 1 atom stereocenters. The van der Waals surface area contributed by atoms with Crippen molar-refractivity contribution in [1.82, 2.24) is 20.5 Å². The summed E-state index contributed by atoms with van der Waals surface area (Å²) in [6, 6.07) is 10.7. The first-order valence-electron chi connectivity index (χ1n) is 8.96. The first-order valence-corrected chi connectivity index (χ1v) is 8.96. The van der Waals surface area contributed by atoms with Gasteiger partial charge >= 0.3 is 12.1 Å². The van der Waals surface area contributed by atoms with E-state index in [1.165, 1.54) is 13.3 Å². The highest BCUT2D eigenvalue weighted by Crippen LogP contribution is 2.22. The number of methoxy groups -OCH3 is 1. The maximum atomic E-state index is 12.2. The number of nitrogens with one attached hydrogen (secondary N) is 4. The molecule has 3 rings (SSSR count). The molecule has 0 fully saturated rings. The Morgan fingerprint density at radius 3 is 2.72 bits per heavy atom. The number of hydrogen-bond acceptors (Lipinski definition) is 6. The van der Waals surface area contributed by atoms with Crippen molar-refractivity contribution in [3.8, 4) is 0 Å². The van der Waals surface area contributed by atoms with Crippen LogP contribution in [0, 0.1) is 0 Å². The second-order valence-corrected chi connectivity index (χ2v) is 6.17. The lowest BCUT2D eigenvalue weighted by Gasteiger charge is -2.14. The molecule has 0 saturated heterocycles. The average molecular weight is 398 g/mol. The van der Waals surface area contributed by atoms with E-state index < -0.39 is 6.09 Å². The molecule has 1 aromatic carbocycles. The monoisotopic (exact) mass is 398 g/mol. The molecule has 0 radical (unpaired) electrons. The molecule has 10 nitrogen and oxygen atoms in total. The predicted octanol–water partition coefficient (Wildman–Crippen LogP) is 3.04. The maximum Gasteiger partial charge on any atom is 0.412 e. The number of fused-ring (bicyclic) bond motifs is 1. The van der Waals surface area contributed by atoms with Crippen molar-refractivity contribution in [3.05, 3.63) is 48.2 Å². The number of benzene rings is 1. The minimum Gasteiger partial charge on any atom is -0.447 e. The van der Waals surface area contributed by atoms with E-state index in [4.69, 9.17) is 9.47 Å². The van der Waals surface area contributed by atoms with Gasteiger partial charge in [-0.15, -0.1) is 0 Å². The number of urea groups is 1. The van der Waals surface area contributed by atoms with Crippen LogP contribution in [-0.4, -0.2) is 47.6 Å². The SMILES string of the molecule is COCCOC(=O)Nc1n[nH]c2cc(NC(=O)N[C@H](C)c3ccccc3)ncc12. The van der Waals surface area contributed by atoms with Crippen LogP contribution in [0.2, 0.25) is 0 Å². The molecule has 3 aromatic rings. The zero-order chi connectivity index (χ0) is 20.6. The van der Waals surface area contributed by atoms with Gasteiger partial charge in [0.15, 0.2) is 5.82 Å². The molecule has 0 aliphatic heterocycles. The molecule has 29 heavy (non-hydrogen) atoms. The van der Waals surface area contributed by atoms with Crippen LogP contribution in [0.15, 0.2) is 42.6 Å². The lowest BCUT2D eigenvalue weighted by atomic mass is 10.1. The number of carbonyl (C=O) groups excluding carboxylic acids is 2. The van der Waals surface area contributed by atoms with E-state index in [1.54, 1.807) is 6.07 Å². The first-order chi connectivity index (χ1) is 14.1. The third-order valence-corrected chi connectivity index (χ3v) is 4.08. The summed E-state index contributed by atoms with van der Waals surface area (Å²) in [5.74, 6) is 0.622. The largest absolute Gasteiger partial charge is 0.447 e. The number of aromatic amines is 1. The standard InChI is InChI=1S/C19H22N6O4/c1-12(13-6-4-3-5-7-13)21-18(26)22-16-10-15-14(11-20-16)17(25-24-15)23-19(27)29-9-8-28-2/h3-7,10-12H,8-9H2,1-2H3,(H2,20,21,22,26)(H2,23,24,25,27)/t12-/m1/s1. The number of ether oxygens (including phenoxy) is 2. The van der Waals surface area contributed by atoms with Crippen molar-refractivity contribution in [3.63, 3.8) is 0 Å². The number of H-pyrrole nitrogens is 1. The maximum absolute atomic E-state index is 12.2. The van der Waals surface area contributed by atoms with Crippen LogP contribution in [-0.2, 0) is 9.47 Å². The minimum absolute atomic E-state index is 0.132. The van der Waals surface area contributed by atoms with Gasteiger partial charge in [0.25, 0.3) is 0 Å². The molecule has 2 aromatic heterocycles. The van der Waals surface area contributed by atoms with Crippen LogP contribution >= 0.6 is 0 Å². The molecule has 0 aliphatic rings. The second kappa shape index (κ2) is 9.51. The van der Waals surface area contributed by atoms with Gasteiger partial charge < -0.3 is 14.8 Å². The highest BCUT2D eigenvalue weighted by molar-refractivity contribution is 5.98. The van der Waals surface area contributed by atoms with E-state index in [0.717, 1.165) is 5.56 Å². The normalized spacial score (nSPS) is 11.7. The van der Waals surface area contributed by atoms with E-state index in [-0.39, 0.29) is 24.5 Å². The van der Waals surface area contributed by atoms with E-state index >= 15 is 0 Å². The summed E-state index contributed by atoms with van der Waals surface area (Å²) in [6.07, 6.45) is 0.853. The summed E-state index contributed by atoms with van der Waals surface area (Å²) < 4.78 is 9.75. The zero-order valence-corrected chi connectivity index (χ0v) is 16.1. The molecule has 2 heterocycles. The Labute approximate surface area is 167 Å². The van der Waals surface area contributed by atoms with Crippen LogP contribution < -0.4 is 16.0 Å². The van der Waals surface area contributed by atoms with Crippen molar-refractivity contribution < 1.29 is 19.1 Å². The van der Waals surface area contributed by atoms with Crippen LogP contribution in [0.3, 0.4) is 0 Å². The number of aromatic nitrogens is 3. The number of pyridine rings is 1. The smallest absolute Gasteiger partial charge is 0.412 e. The number of nitrogens with zero attached hydrogens (tertiary/aromatic N) is 2. The quantitative estimate of drug-likeness (QED) is 0.453. The molecule has 152 valence electrons. The topological polar surface area (TPSA) is 130 Å². The fraction of sp³-hybridized carbons (Fsp3) is 0.263. The molecular formula is C19H22N6O4. The lowest BCUT2D eigenvalue weighted by molar-refractivity contribution is 0.107. The molecule has 3 amide bonds. The molecule has 0 bridgehead atoms. The summed E-state index contributed by atoms with van der Waals surface area (Å²) in [7, 11) is 1.52. The van der Waals surface area contributed by atoms with Gasteiger partial charge in [0.2, 0.25) is 0 Å². The highest BCUT2D eigenvalue weighted by atomic mass is 16.6. The van der Waals surface area contributed by atoms with Crippen molar-refractivity contribution in [2.45, 2.75) is 13.0 Å². The first kappa shape index (κ1) is 20.1. The van der Waals surface area contributed by atoms with Crippen molar-refractivity contribution in [2.24, 2.45) is 0 Å². The summed E-state index contributed by atoms with van der Waals surface area (Å²) in [5.41, 5.74) is 1.59. The Hall–Kier alpha value is -3.66. The Morgan fingerprint density at radius 2 is 1.97 bits per heavy atom. The molecular weight excluding hydrogens is 376 g/mol. The van der Waals surface area contributed by atoms with Crippen LogP contribution in [0.1, 0.15) is 18.5 Å². The van der Waals surface area contributed by atoms with Gasteiger partial charge in [-0.2, -0.15) is 5.10 Å². The Balaban J connectivity index is 1.60. The third-order valence-electron chi connectivity index (χ3n) is 4.08. The zero-order valence-electron chi connectivity index (χ0n) is 16.1. The van der Waals surface area contributed by atoms with Gasteiger partial charge in [0.1, 0.15) is 12.4 Å². The number of amides is 3. The number of hydrogen-bond donors (Lipinski definition) is 4. The Bertz CT molecular complexity index is 975. The van der Waals surface area contributed by atoms with Crippen LogP contribution in [0.25, 0.3) is 10.9 Å². The van der Waals surface area contributed by atoms with Gasteiger partial charge in [-0.1, -0.05) is 30.3 Å². The van der Waals surface area contributed by atoms with Gasteiger partial charge in [-0.25, -0.2) is 14.6 Å². The summed E-state index contributed by atoms with van der Waals surface area (Å²) in [6.45, 7) is 2.33. The fourth-order valence-corrected chi connectivity index (χ4v) is 2.60. The summed E-state index contributed by atoms with van der Waals surface area (Å²) in [5, 5.41) is 15.5. The van der Waals surface area contributed by atoms with E-state index in [9.17, 15) is 9.59 Å². The molecule has 4 N–H and O–H groups in total. The highest BCUT2D eigenvalue weighted by Gasteiger charge is 2.13. The lowest BCUT2D eigenvalue weighted by Crippen LogP contribution is -2.31. The predicted molar refractivity (Wildman–Crippen MR) is 108 cm³/mol. The summed E-state index contributed by atoms with van der Waals surface area (Å²) in [4.78, 5) is 28.2. The van der Waals surface area contributed by atoms with Crippen molar-refractivity contribution in [2.75, 3.05) is 31.0 Å². The molecule has 0 saturated carbocycles. The second-order valence-electron chi connectivity index (χ2n) is 6.17. The van der Waals surface area contributed by atoms with Gasteiger partial charge in [-0.05, 0) is 12.5 Å². The number of carbonyl (C=O) groups is 2. The average Bonchev–Trinajstić information content (AvgIpc) is 3.10. The minimum atomic E-state index is -0.646. The fourth-order valence-electron chi connectivity index (χ4n) is 2.60. The Kier molecular flexibility index (Phi) is 6.59. The molecule has 0 unspecified atom stereocenters. The van der Waals surface area contributed by atoms with Crippen LogP contribution in [0.5, 0.6) is 0 Å². The van der Waals surface area contributed by atoms with E-state index in [1.807, 2.05) is 37.3 Å². The van der Waals surface area contributed by atoms with Gasteiger partial charge in [0, 0.05) is 19.4 Å². The van der Waals surface area contributed by atoms with Crippen molar-refractivity contribution in [1.29, 1.82) is 0 Å². The number of anilines is 2. The van der Waals surface area contributed by atoms with Gasteiger partial charge in [-0.3, -0.25) is 15.7 Å². The third kappa shape index (κ3) is 5.42.